The van der Waals surface area contributed by atoms with Crippen LogP contribution < -0.4 is 10.6 Å². The SMILES string of the molecule is CC1CN(c2nc(Cl)ccc2N)CC1C. The van der Waals surface area contributed by atoms with E-state index in [4.69, 9.17) is 17.3 Å². The molecule has 0 amide bonds. The predicted octanol–water partition coefficient (Wildman–Crippen LogP) is 2.41. The third-order valence-electron chi connectivity index (χ3n) is 3.16. The van der Waals surface area contributed by atoms with Gasteiger partial charge in [0.25, 0.3) is 0 Å². The Morgan fingerprint density at radius 3 is 2.53 bits per heavy atom. The minimum absolute atomic E-state index is 0.506. The average Bonchev–Trinajstić information content (AvgIpc) is 2.51. The number of aromatic nitrogens is 1. The van der Waals surface area contributed by atoms with Crippen molar-refractivity contribution in [1.29, 1.82) is 0 Å². The van der Waals surface area contributed by atoms with E-state index < -0.39 is 0 Å². The third-order valence-corrected chi connectivity index (χ3v) is 3.37. The summed E-state index contributed by atoms with van der Waals surface area (Å²) in [5.74, 6) is 2.20. The standard InChI is InChI=1S/C11H16ClN3/c1-7-5-15(6-8(7)2)11-9(13)3-4-10(12)14-11/h3-4,7-8H,5-6,13H2,1-2H3. The molecule has 0 saturated carbocycles. The molecule has 82 valence electrons. The summed E-state index contributed by atoms with van der Waals surface area (Å²) in [5, 5.41) is 0.506. The number of anilines is 2. The van der Waals surface area contributed by atoms with Crippen molar-refractivity contribution in [3.63, 3.8) is 0 Å². The molecule has 1 aliphatic heterocycles. The maximum Gasteiger partial charge on any atom is 0.153 e. The van der Waals surface area contributed by atoms with E-state index in [1.165, 1.54) is 0 Å². The summed E-state index contributed by atoms with van der Waals surface area (Å²) in [5.41, 5.74) is 6.61. The van der Waals surface area contributed by atoms with E-state index in [0.717, 1.165) is 18.9 Å². The Bertz CT molecular complexity index is 357. The first-order valence-corrected chi connectivity index (χ1v) is 5.62. The normalized spacial score (nSPS) is 25.9. The van der Waals surface area contributed by atoms with Gasteiger partial charge in [-0.05, 0) is 24.0 Å². The molecule has 1 saturated heterocycles. The monoisotopic (exact) mass is 225 g/mol. The van der Waals surface area contributed by atoms with Crippen molar-refractivity contribution in [3.8, 4) is 0 Å². The van der Waals surface area contributed by atoms with Crippen LogP contribution >= 0.6 is 11.6 Å². The highest BCUT2D eigenvalue weighted by atomic mass is 35.5. The highest BCUT2D eigenvalue weighted by Gasteiger charge is 2.27. The number of nitrogens with two attached hydrogens (primary N) is 1. The Labute approximate surface area is 95.2 Å². The van der Waals surface area contributed by atoms with Crippen molar-refractivity contribution in [2.75, 3.05) is 23.7 Å². The minimum Gasteiger partial charge on any atom is -0.396 e. The largest absolute Gasteiger partial charge is 0.396 e. The number of nitrogens with zero attached hydrogens (tertiary/aromatic N) is 2. The summed E-state index contributed by atoms with van der Waals surface area (Å²) in [6.07, 6.45) is 0. The summed E-state index contributed by atoms with van der Waals surface area (Å²) >= 11 is 5.87. The molecule has 0 spiro atoms. The van der Waals surface area contributed by atoms with Gasteiger partial charge in [0.15, 0.2) is 5.82 Å². The van der Waals surface area contributed by atoms with Crippen LogP contribution in [-0.2, 0) is 0 Å². The first-order chi connectivity index (χ1) is 7.08. The molecule has 3 nitrogen and oxygen atoms in total. The van der Waals surface area contributed by atoms with Crippen molar-refractivity contribution < 1.29 is 0 Å². The number of pyridine rings is 1. The smallest absolute Gasteiger partial charge is 0.153 e. The number of rotatable bonds is 1. The molecule has 2 rings (SSSR count). The summed E-state index contributed by atoms with van der Waals surface area (Å²) in [4.78, 5) is 6.51. The van der Waals surface area contributed by atoms with Gasteiger partial charge < -0.3 is 10.6 Å². The van der Waals surface area contributed by atoms with Gasteiger partial charge in [-0.25, -0.2) is 4.98 Å². The fraction of sp³-hybridized carbons (Fsp3) is 0.545. The second-order valence-electron chi connectivity index (χ2n) is 4.41. The molecule has 2 N–H and O–H groups in total. The second-order valence-corrected chi connectivity index (χ2v) is 4.79. The van der Waals surface area contributed by atoms with E-state index >= 15 is 0 Å². The molecule has 2 atom stereocenters. The van der Waals surface area contributed by atoms with Gasteiger partial charge in [-0.1, -0.05) is 25.4 Å². The highest BCUT2D eigenvalue weighted by Crippen LogP contribution is 2.30. The summed E-state index contributed by atoms with van der Waals surface area (Å²) in [6.45, 7) is 6.54. The van der Waals surface area contributed by atoms with E-state index in [1.54, 1.807) is 6.07 Å². The number of nitrogen functional groups attached to an aromatic ring is 1. The zero-order chi connectivity index (χ0) is 11.0. The maximum atomic E-state index is 5.90. The molecule has 1 aliphatic rings. The fourth-order valence-corrected chi connectivity index (χ4v) is 2.14. The van der Waals surface area contributed by atoms with Crippen molar-refractivity contribution in [1.82, 2.24) is 4.98 Å². The summed E-state index contributed by atoms with van der Waals surface area (Å²) in [7, 11) is 0. The molecule has 2 heterocycles. The lowest BCUT2D eigenvalue weighted by molar-refractivity contribution is 0.494. The van der Waals surface area contributed by atoms with Gasteiger partial charge >= 0.3 is 0 Å². The molecule has 1 aromatic heterocycles. The maximum absolute atomic E-state index is 5.90. The first kappa shape index (κ1) is 10.6. The van der Waals surface area contributed by atoms with Crippen LogP contribution in [0.25, 0.3) is 0 Å². The van der Waals surface area contributed by atoms with Crippen LogP contribution in [0, 0.1) is 11.8 Å². The summed E-state index contributed by atoms with van der Waals surface area (Å²) < 4.78 is 0. The van der Waals surface area contributed by atoms with E-state index in [9.17, 15) is 0 Å². The van der Waals surface area contributed by atoms with Gasteiger partial charge in [0.05, 0.1) is 5.69 Å². The lowest BCUT2D eigenvalue weighted by Crippen LogP contribution is -2.22. The van der Waals surface area contributed by atoms with Crippen molar-refractivity contribution in [2.45, 2.75) is 13.8 Å². The Hall–Kier alpha value is -0.960. The first-order valence-electron chi connectivity index (χ1n) is 5.25. The van der Waals surface area contributed by atoms with Crippen LogP contribution in [0.5, 0.6) is 0 Å². The Morgan fingerprint density at radius 1 is 1.33 bits per heavy atom. The predicted molar refractivity (Wildman–Crippen MR) is 64.2 cm³/mol. The molecule has 0 bridgehead atoms. The Morgan fingerprint density at radius 2 is 1.93 bits per heavy atom. The van der Waals surface area contributed by atoms with Gasteiger partial charge in [0, 0.05) is 13.1 Å². The third kappa shape index (κ3) is 2.02. The average molecular weight is 226 g/mol. The van der Waals surface area contributed by atoms with E-state index in [-0.39, 0.29) is 0 Å². The van der Waals surface area contributed by atoms with E-state index in [1.807, 2.05) is 6.07 Å². The zero-order valence-electron chi connectivity index (χ0n) is 9.07. The van der Waals surface area contributed by atoms with Gasteiger partial charge in [-0.3, -0.25) is 0 Å². The quantitative estimate of drug-likeness (QED) is 0.747. The van der Waals surface area contributed by atoms with Crippen molar-refractivity contribution in [3.05, 3.63) is 17.3 Å². The topological polar surface area (TPSA) is 42.2 Å². The lowest BCUT2D eigenvalue weighted by atomic mass is 10.0. The van der Waals surface area contributed by atoms with Gasteiger partial charge in [0.1, 0.15) is 5.15 Å². The number of hydrogen-bond donors (Lipinski definition) is 1. The van der Waals surface area contributed by atoms with E-state index in [0.29, 0.717) is 22.7 Å². The molecular formula is C11H16ClN3. The Balaban J connectivity index is 2.27. The molecule has 0 radical (unpaired) electrons. The number of hydrogen-bond acceptors (Lipinski definition) is 3. The van der Waals surface area contributed by atoms with Crippen LogP contribution in [0.3, 0.4) is 0 Å². The van der Waals surface area contributed by atoms with Crippen LogP contribution in [0.15, 0.2) is 12.1 Å². The lowest BCUT2D eigenvalue weighted by Gasteiger charge is -2.18. The second kappa shape index (κ2) is 3.89. The molecular weight excluding hydrogens is 210 g/mol. The van der Waals surface area contributed by atoms with Gasteiger partial charge in [-0.2, -0.15) is 0 Å². The fourth-order valence-electron chi connectivity index (χ4n) is 1.99. The highest BCUT2D eigenvalue weighted by molar-refractivity contribution is 6.29. The molecule has 4 heteroatoms. The molecule has 0 aromatic carbocycles. The van der Waals surface area contributed by atoms with Crippen LogP contribution in [0.1, 0.15) is 13.8 Å². The van der Waals surface area contributed by atoms with Gasteiger partial charge in [-0.15, -0.1) is 0 Å². The van der Waals surface area contributed by atoms with E-state index in [2.05, 4.69) is 23.7 Å². The number of halogens is 1. The zero-order valence-corrected chi connectivity index (χ0v) is 9.83. The van der Waals surface area contributed by atoms with Gasteiger partial charge in [0.2, 0.25) is 0 Å². The van der Waals surface area contributed by atoms with Crippen LogP contribution in [-0.4, -0.2) is 18.1 Å². The molecule has 1 aromatic rings. The van der Waals surface area contributed by atoms with Crippen molar-refractivity contribution >= 4 is 23.1 Å². The van der Waals surface area contributed by atoms with Crippen LogP contribution in [0.2, 0.25) is 5.15 Å². The molecule has 1 fully saturated rings. The van der Waals surface area contributed by atoms with Crippen LogP contribution in [0.4, 0.5) is 11.5 Å². The molecule has 2 unspecified atom stereocenters. The minimum atomic E-state index is 0.506. The molecule has 15 heavy (non-hydrogen) atoms. The molecule has 0 aliphatic carbocycles. The Kier molecular flexibility index (Phi) is 2.74. The van der Waals surface area contributed by atoms with Crippen molar-refractivity contribution in [2.24, 2.45) is 11.8 Å². The summed E-state index contributed by atoms with van der Waals surface area (Å²) in [6, 6.07) is 3.54.